The van der Waals surface area contributed by atoms with Crippen molar-refractivity contribution in [3.63, 3.8) is 0 Å². The minimum Gasteiger partial charge on any atom is -0.481 e. The van der Waals surface area contributed by atoms with Crippen LogP contribution in [-0.4, -0.2) is 47.3 Å². The van der Waals surface area contributed by atoms with E-state index >= 15 is 0 Å². The number of carboxylic acid groups (broad SMARTS) is 1. The third kappa shape index (κ3) is 17.6. The van der Waals surface area contributed by atoms with E-state index in [4.69, 9.17) is 10.2 Å². The summed E-state index contributed by atoms with van der Waals surface area (Å²) >= 11 is 0. The number of unbranched alkanes of at least 4 members (excludes halogenated alkanes) is 10. The van der Waals surface area contributed by atoms with Crippen molar-refractivity contribution >= 4 is 5.97 Å². The van der Waals surface area contributed by atoms with Crippen LogP contribution in [0, 0.1) is 0 Å². The molecule has 4 nitrogen and oxygen atoms in total. The first kappa shape index (κ1) is 22.4. The van der Waals surface area contributed by atoms with Gasteiger partial charge in [0.15, 0.2) is 0 Å². The summed E-state index contributed by atoms with van der Waals surface area (Å²) in [5, 5.41) is 17.7. The van der Waals surface area contributed by atoms with Crippen molar-refractivity contribution in [2.24, 2.45) is 0 Å². The average molecular weight is 330 g/mol. The van der Waals surface area contributed by atoms with Crippen molar-refractivity contribution in [2.75, 3.05) is 26.2 Å². The number of aliphatic carboxylic acids is 1. The topological polar surface area (TPSA) is 60.8 Å². The summed E-state index contributed by atoms with van der Waals surface area (Å²) in [5.41, 5.74) is 0. The maximum absolute atomic E-state index is 10.4. The summed E-state index contributed by atoms with van der Waals surface area (Å²) in [6.45, 7) is 5.45. The van der Waals surface area contributed by atoms with Gasteiger partial charge in [-0.05, 0) is 32.4 Å². The highest BCUT2D eigenvalue weighted by molar-refractivity contribution is 5.66. The largest absolute Gasteiger partial charge is 0.481 e. The quantitative estimate of drug-likeness (QED) is 0.365. The Morgan fingerprint density at radius 2 is 1.22 bits per heavy atom. The van der Waals surface area contributed by atoms with E-state index in [-0.39, 0.29) is 6.61 Å². The molecular weight excluding hydrogens is 290 g/mol. The van der Waals surface area contributed by atoms with Crippen LogP contribution < -0.4 is 0 Å². The van der Waals surface area contributed by atoms with E-state index in [1.165, 1.54) is 51.4 Å². The molecule has 4 heteroatoms. The zero-order valence-electron chi connectivity index (χ0n) is 15.3. The second-order valence-corrected chi connectivity index (χ2v) is 6.60. The summed E-state index contributed by atoms with van der Waals surface area (Å²) < 4.78 is 0. The highest BCUT2D eigenvalue weighted by Crippen LogP contribution is 2.09. The summed E-state index contributed by atoms with van der Waals surface area (Å²) in [4.78, 5) is 12.8. The van der Waals surface area contributed by atoms with E-state index in [0.29, 0.717) is 6.42 Å². The lowest BCUT2D eigenvalue weighted by Crippen LogP contribution is -2.29. The van der Waals surface area contributed by atoms with Crippen LogP contribution in [0.4, 0.5) is 0 Å². The predicted octanol–water partition coefficient (Wildman–Crippen LogP) is 4.46. The number of carboxylic acids is 1. The van der Waals surface area contributed by atoms with E-state index in [2.05, 4.69) is 11.8 Å². The Morgan fingerprint density at radius 1 is 0.739 bits per heavy atom. The highest BCUT2D eigenvalue weighted by Gasteiger charge is 2.04. The van der Waals surface area contributed by atoms with Crippen LogP contribution in [0.2, 0.25) is 0 Å². The molecule has 0 aliphatic carbocycles. The molecule has 0 bridgehead atoms. The third-order valence-corrected chi connectivity index (χ3v) is 4.36. The molecular formula is C19H39NO3. The van der Waals surface area contributed by atoms with Gasteiger partial charge in [-0.2, -0.15) is 0 Å². The molecule has 0 spiro atoms. The molecule has 0 fully saturated rings. The lowest BCUT2D eigenvalue weighted by atomic mass is 10.1. The van der Waals surface area contributed by atoms with Gasteiger partial charge in [-0.3, -0.25) is 4.79 Å². The maximum Gasteiger partial charge on any atom is 0.303 e. The second kappa shape index (κ2) is 17.7. The van der Waals surface area contributed by atoms with Crippen LogP contribution in [0.5, 0.6) is 0 Å². The Labute approximate surface area is 143 Å². The van der Waals surface area contributed by atoms with Crippen molar-refractivity contribution < 1.29 is 15.0 Å². The number of hydrogen-bond acceptors (Lipinski definition) is 3. The van der Waals surface area contributed by atoms with Gasteiger partial charge in [-0.15, -0.1) is 0 Å². The Hall–Kier alpha value is -0.610. The van der Waals surface area contributed by atoms with E-state index in [9.17, 15) is 4.79 Å². The van der Waals surface area contributed by atoms with E-state index < -0.39 is 5.97 Å². The number of rotatable bonds is 18. The molecule has 0 saturated carbocycles. The summed E-state index contributed by atoms with van der Waals surface area (Å²) in [6, 6.07) is 0. The SMILES string of the molecule is CCCCCCCCCN(CCO)CCCCCCCC(=O)O. The predicted molar refractivity (Wildman–Crippen MR) is 96.9 cm³/mol. The molecule has 0 saturated heterocycles. The zero-order valence-corrected chi connectivity index (χ0v) is 15.3. The van der Waals surface area contributed by atoms with Crippen LogP contribution in [0.3, 0.4) is 0 Å². The van der Waals surface area contributed by atoms with Gasteiger partial charge in [0, 0.05) is 13.0 Å². The molecule has 138 valence electrons. The maximum atomic E-state index is 10.4. The minimum atomic E-state index is -0.686. The monoisotopic (exact) mass is 329 g/mol. The fraction of sp³-hybridized carbons (Fsp3) is 0.947. The van der Waals surface area contributed by atoms with Gasteiger partial charge in [0.1, 0.15) is 0 Å². The lowest BCUT2D eigenvalue weighted by Gasteiger charge is -2.21. The first-order valence-electron chi connectivity index (χ1n) is 9.75. The van der Waals surface area contributed by atoms with Crippen LogP contribution in [-0.2, 0) is 4.79 Å². The average Bonchev–Trinajstić information content (AvgIpc) is 2.52. The molecule has 0 aromatic heterocycles. The molecule has 23 heavy (non-hydrogen) atoms. The van der Waals surface area contributed by atoms with Gasteiger partial charge in [-0.1, -0.05) is 64.7 Å². The first-order chi connectivity index (χ1) is 11.2. The van der Waals surface area contributed by atoms with Gasteiger partial charge in [0.2, 0.25) is 0 Å². The fourth-order valence-corrected chi connectivity index (χ4v) is 2.91. The van der Waals surface area contributed by atoms with Gasteiger partial charge >= 0.3 is 5.97 Å². The van der Waals surface area contributed by atoms with E-state index in [1.54, 1.807) is 0 Å². The third-order valence-electron chi connectivity index (χ3n) is 4.36. The Bertz CT molecular complexity index is 259. The summed E-state index contributed by atoms with van der Waals surface area (Å²) in [7, 11) is 0. The number of carbonyl (C=O) groups is 1. The second-order valence-electron chi connectivity index (χ2n) is 6.60. The minimum absolute atomic E-state index is 0.245. The molecule has 0 aliphatic rings. The molecule has 0 atom stereocenters. The number of hydrogen-bond donors (Lipinski definition) is 2. The van der Waals surface area contributed by atoms with Gasteiger partial charge < -0.3 is 15.1 Å². The number of aliphatic hydroxyl groups excluding tert-OH is 1. The molecule has 0 radical (unpaired) electrons. The molecule has 2 N–H and O–H groups in total. The van der Waals surface area contributed by atoms with E-state index in [1.807, 2.05) is 0 Å². The highest BCUT2D eigenvalue weighted by atomic mass is 16.4. The number of aliphatic hydroxyl groups is 1. The zero-order chi connectivity index (χ0) is 17.2. The Morgan fingerprint density at radius 3 is 1.70 bits per heavy atom. The lowest BCUT2D eigenvalue weighted by molar-refractivity contribution is -0.137. The van der Waals surface area contributed by atoms with Crippen LogP contribution in [0.1, 0.15) is 90.4 Å². The van der Waals surface area contributed by atoms with Crippen molar-refractivity contribution in [3.05, 3.63) is 0 Å². The van der Waals surface area contributed by atoms with Gasteiger partial charge in [0.05, 0.1) is 6.61 Å². The smallest absolute Gasteiger partial charge is 0.303 e. The fourth-order valence-electron chi connectivity index (χ4n) is 2.91. The van der Waals surface area contributed by atoms with Gasteiger partial charge in [-0.25, -0.2) is 0 Å². The van der Waals surface area contributed by atoms with Crippen molar-refractivity contribution in [2.45, 2.75) is 90.4 Å². The van der Waals surface area contributed by atoms with Crippen LogP contribution >= 0.6 is 0 Å². The van der Waals surface area contributed by atoms with E-state index in [0.717, 1.165) is 45.3 Å². The number of nitrogens with zero attached hydrogens (tertiary/aromatic N) is 1. The molecule has 0 aromatic rings. The Balaban J connectivity index is 3.48. The van der Waals surface area contributed by atoms with Crippen LogP contribution in [0.15, 0.2) is 0 Å². The molecule has 0 amide bonds. The normalized spacial score (nSPS) is 11.3. The summed E-state index contributed by atoms with van der Waals surface area (Å²) in [6.07, 6.45) is 14.9. The van der Waals surface area contributed by atoms with Gasteiger partial charge in [0.25, 0.3) is 0 Å². The molecule has 0 aliphatic heterocycles. The van der Waals surface area contributed by atoms with Crippen molar-refractivity contribution in [3.8, 4) is 0 Å². The molecule has 0 heterocycles. The first-order valence-corrected chi connectivity index (χ1v) is 9.75. The molecule has 0 unspecified atom stereocenters. The standard InChI is InChI=1S/C19H39NO3/c1-2-3-4-5-6-9-12-15-20(17-18-21)16-13-10-7-8-11-14-19(22)23/h21H,2-18H2,1H3,(H,22,23). The van der Waals surface area contributed by atoms with Crippen molar-refractivity contribution in [1.29, 1.82) is 0 Å². The molecule has 0 aromatic carbocycles. The Kier molecular flexibility index (Phi) is 17.3. The summed E-state index contributed by atoms with van der Waals surface area (Å²) in [5.74, 6) is -0.686. The molecule has 0 rings (SSSR count). The van der Waals surface area contributed by atoms with Crippen molar-refractivity contribution in [1.82, 2.24) is 4.90 Å². The van der Waals surface area contributed by atoms with Crippen LogP contribution in [0.25, 0.3) is 0 Å².